The Morgan fingerprint density at radius 2 is 1.55 bits per heavy atom. The summed E-state index contributed by atoms with van der Waals surface area (Å²) in [6, 6.07) is 17.3. The predicted molar refractivity (Wildman–Crippen MR) is 125 cm³/mol. The zero-order valence-corrected chi connectivity index (χ0v) is 19.3. The van der Waals surface area contributed by atoms with Crippen molar-refractivity contribution in [1.29, 1.82) is 0 Å². The Hall–Kier alpha value is -2.26. The zero-order valence-electron chi connectivity index (χ0n) is 18.5. The van der Waals surface area contributed by atoms with E-state index in [9.17, 15) is 13.2 Å². The van der Waals surface area contributed by atoms with E-state index >= 15 is 0 Å². The van der Waals surface area contributed by atoms with Gasteiger partial charge in [-0.1, -0.05) is 62.4 Å². The molecule has 1 fully saturated rings. The summed E-state index contributed by atoms with van der Waals surface area (Å²) in [7, 11) is -3.44. The van der Waals surface area contributed by atoms with E-state index in [1.807, 2.05) is 80.3 Å². The Balaban J connectivity index is 1.64. The minimum Gasteiger partial charge on any atom is -0.324 e. The van der Waals surface area contributed by atoms with Crippen LogP contribution in [0.5, 0.6) is 0 Å². The van der Waals surface area contributed by atoms with E-state index in [1.54, 1.807) is 0 Å². The molecule has 0 radical (unpaired) electrons. The molecule has 0 saturated carbocycles. The smallest absolute Gasteiger partial charge is 0.282 e. The number of para-hydroxylation sites is 1. The molecule has 1 heterocycles. The molecule has 1 aliphatic rings. The first-order valence-electron chi connectivity index (χ1n) is 10.8. The van der Waals surface area contributed by atoms with Gasteiger partial charge in [-0.3, -0.25) is 9.69 Å². The van der Waals surface area contributed by atoms with Crippen LogP contribution in [0.2, 0.25) is 0 Å². The maximum absolute atomic E-state index is 13.0. The highest BCUT2D eigenvalue weighted by Gasteiger charge is 2.33. The number of carbonyl (C=O) groups excluding carboxylic acids is 1. The fraction of sp³-hybridized carbons (Fsp3) is 0.435. The Bertz CT molecular complexity index is 969. The number of carbonyl (C=O) groups is 1. The quantitative estimate of drug-likeness (QED) is 0.680. The first-order valence-corrected chi connectivity index (χ1v) is 12.2. The van der Waals surface area contributed by atoms with Crippen molar-refractivity contribution in [2.24, 2.45) is 0 Å². The maximum atomic E-state index is 13.0. The second-order valence-corrected chi connectivity index (χ2v) is 9.53. The van der Waals surface area contributed by atoms with Gasteiger partial charge in [-0.15, -0.1) is 0 Å². The standard InChI is InChI=1S/C23H32N4O3S/c1-4-26(5-2)31(29,30)27-17-15-25(16-18-27)19(3)23(28)24-22-14-10-9-13-21(22)20-11-7-6-8-12-20/h6-14,19H,4-5,15-18H2,1-3H3,(H,24,28). The highest BCUT2D eigenvalue weighted by molar-refractivity contribution is 7.86. The molecule has 1 N–H and O–H groups in total. The van der Waals surface area contributed by atoms with Crippen molar-refractivity contribution in [1.82, 2.24) is 13.5 Å². The van der Waals surface area contributed by atoms with Crippen LogP contribution in [-0.2, 0) is 15.0 Å². The molecule has 1 unspecified atom stereocenters. The summed E-state index contributed by atoms with van der Waals surface area (Å²) in [5.41, 5.74) is 2.79. The van der Waals surface area contributed by atoms with Crippen LogP contribution in [-0.4, -0.2) is 73.1 Å². The average molecular weight is 445 g/mol. The summed E-state index contributed by atoms with van der Waals surface area (Å²) in [5, 5.41) is 3.06. The Morgan fingerprint density at radius 3 is 2.16 bits per heavy atom. The lowest BCUT2D eigenvalue weighted by molar-refractivity contribution is -0.121. The molecule has 0 aliphatic carbocycles. The molecular formula is C23H32N4O3S. The third-order valence-corrected chi connectivity index (χ3v) is 8.01. The lowest BCUT2D eigenvalue weighted by atomic mass is 10.0. The van der Waals surface area contributed by atoms with Crippen molar-refractivity contribution >= 4 is 21.8 Å². The molecule has 0 spiro atoms. The van der Waals surface area contributed by atoms with E-state index in [1.165, 1.54) is 8.61 Å². The molecule has 1 amide bonds. The molecule has 168 valence electrons. The topological polar surface area (TPSA) is 73.0 Å². The molecule has 7 nitrogen and oxygen atoms in total. The van der Waals surface area contributed by atoms with Crippen LogP contribution in [0.15, 0.2) is 54.6 Å². The minimum absolute atomic E-state index is 0.0940. The highest BCUT2D eigenvalue weighted by atomic mass is 32.2. The van der Waals surface area contributed by atoms with Gasteiger partial charge in [0.05, 0.1) is 6.04 Å². The monoisotopic (exact) mass is 444 g/mol. The van der Waals surface area contributed by atoms with Crippen molar-refractivity contribution in [2.45, 2.75) is 26.8 Å². The average Bonchev–Trinajstić information content (AvgIpc) is 2.80. The van der Waals surface area contributed by atoms with Crippen molar-refractivity contribution < 1.29 is 13.2 Å². The van der Waals surface area contributed by atoms with E-state index < -0.39 is 10.2 Å². The number of nitrogens with one attached hydrogen (secondary N) is 1. The molecule has 0 aromatic heterocycles. The highest BCUT2D eigenvalue weighted by Crippen LogP contribution is 2.28. The predicted octanol–water partition coefficient (Wildman–Crippen LogP) is 2.88. The first kappa shape index (κ1) is 23.4. The van der Waals surface area contributed by atoms with Crippen molar-refractivity contribution in [2.75, 3.05) is 44.6 Å². The molecule has 1 atom stereocenters. The van der Waals surface area contributed by atoms with E-state index in [-0.39, 0.29) is 11.9 Å². The number of benzene rings is 2. The van der Waals surface area contributed by atoms with Crippen molar-refractivity contribution in [3.05, 3.63) is 54.6 Å². The molecule has 1 aliphatic heterocycles. The van der Waals surface area contributed by atoms with Crippen LogP contribution in [0, 0.1) is 0 Å². The summed E-state index contributed by atoms with van der Waals surface area (Å²) >= 11 is 0. The van der Waals surface area contributed by atoms with Gasteiger partial charge in [0.25, 0.3) is 10.2 Å². The molecule has 0 bridgehead atoms. The van der Waals surface area contributed by atoms with E-state index in [0.717, 1.165) is 16.8 Å². The van der Waals surface area contributed by atoms with Gasteiger partial charge in [-0.2, -0.15) is 17.0 Å². The van der Waals surface area contributed by atoms with Gasteiger partial charge in [0.1, 0.15) is 0 Å². The van der Waals surface area contributed by atoms with Gasteiger partial charge in [0.2, 0.25) is 5.91 Å². The number of hydrogen-bond donors (Lipinski definition) is 1. The molecule has 3 rings (SSSR count). The minimum atomic E-state index is -3.44. The van der Waals surface area contributed by atoms with Gasteiger partial charge in [0.15, 0.2) is 0 Å². The van der Waals surface area contributed by atoms with E-state index in [0.29, 0.717) is 39.3 Å². The van der Waals surface area contributed by atoms with Gasteiger partial charge >= 0.3 is 0 Å². The Labute approximate surface area is 185 Å². The SMILES string of the molecule is CCN(CC)S(=O)(=O)N1CCN(C(C)C(=O)Nc2ccccc2-c2ccccc2)CC1. The molecule has 2 aromatic rings. The number of rotatable bonds is 8. The van der Waals surface area contributed by atoms with Crippen LogP contribution in [0.1, 0.15) is 20.8 Å². The lowest BCUT2D eigenvalue weighted by Crippen LogP contribution is -2.56. The largest absolute Gasteiger partial charge is 0.324 e. The molecule has 8 heteroatoms. The number of amides is 1. The second kappa shape index (κ2) is 10.4. The lowest BCUT2D eigenvalue weighted by Gasteiger charge is -2.38. The fourth-order valence-electron chi connectivity index (χ4n) is 3.90. The van der Waals surface area contributed by atoms with Crippen LogP contribution in [0.4, 0.5) is 5.69 Å². The number of hydrogen-bond acceptors (Lipinski definition) is 4. The normalized spacial score (nSPS) is 16.9. The fourth-order valence-corrected chi connectivity index (χ4v) is 5.50. The second-order valence-electron chi connectivity index (χ2n) is 7.60. The Kier molecular flexibility index (Phi) is 7.83. The summed E-state index contributed by atoms with van der Waals surface area (Å²) in [5.74, 6) is -0.0940. The first-order chi connectivity index (χ1) is 14.9. The third kappa shape index (κ3) is 5.33. The van der Waals surface area contributed by atoms with Crippen LogP contribution in [0.3, 0.4) is 0 Å². The van der Waals surface area contributed by atoms with Crippen molar-refractivity contribution in [3.8, 4) is 11.1 Å². The van der Waals surface area contributed by atoms with E-state index in [4.69, 9.17) is 0 Å². The van der Waals surface area contributed by atoms with Gasteiger partial charge in [-0.25, -0.2) is 0 Å². The maximum Gasteiger partial charge on any atom is 0.282 e. The van der Waals surface area contributed by atoms with Crippen molar-refractivity contribution in [3.63, 3.8) is 0 Å². The summed E-state index contributed by atoms with van der Waals surface area (Å²) in [4.78, 5) is 15.0. The number of anilines is 1. The number of piperazine rings is 1. The van der Waals surface area contributed by atoms with Gasteiger partial charge < -0.3 is 5.32 Å². The van der Waals surface area contributed by atoms with E-state index in [2.05, 4.69) is 5.32 Å². The number of nitrogens with zero attached hydrogens (tertiary/aromatic N) is 3. The van der Waals surface area contributed by atoms with Crippen LogP contribution < -0.4 is 5.32 Å². The third-order valence-electron chi connectivity index (χ3n) is 5.83. The van der Waals surface area contributed by atoms with Crippen LogP contribution in [0.25, 0.3) is 11.1 Å². The van der Waals surface area contributed by atoms with Crippen LogP contribution >= 0.6 is 0 Å². The van der Waals surface area contributed by atoms with Gasteiger partial charge in [-0.05, 0) is 18.6 Å². The summed E-state index contributed by atoms with van der Waals surface area (Å²) < 4.78 is 28.4. The Morgan fingerprint density at radius 1 is 0.968 bits per heavy atom. The molecule has 31 heavy (non-hydrogen) atoms. The molecule has 1 saturated heterocycles. The molecular weight excluding hydrogens is 412 g/mol. The summed E-state index contributed by atoms with van der Waals surface area (Å²) in [6.45, 7) is 8.29. The summed E-state index contributed by atoms with van der Waals surface area (Å²) in [6.07, 6.45) is 0. The zero-order chi connectivity index (χ0) is 22.4. The molecule has 2 aromatic carbocycles. The van der Waals surface area contributed by atoms with Gasteiger partial charge in [0, 0.05) is 50.5 Å².